The molecule has 1 aliphatic carbocycles. The molecule has 0 radical (unpaired) electrons. The summed E-state index contributed by atoms with van der Waals surface area (Å²) < 4.78 is 0. The third-order valence-electron chi connectivity index (χ3n) is 3.50. The first kappa shape index (κ1) is 13.0. The Hall–Kier alpha value is -1.42. The molecule has 4 heteroatoms. The predicted molar refractivity (Wildman–Crippen MR) is 69.0 cm³/mol. The van der Waals surface area contributed by atoms with Crippen molar-refractivity contribution in [2.75, 3.05) is 13.2 Å². The van der Waals surface area contributed by atoms with E-state index in [-0.39, 0.29) is 12.5 Å². The maximum atomic E-state index is 12.3. The lowest BCUT2D eigenvalue weighted by Gasteiger charge is -2.28. The highest BCUT2D eigenvalue weighted by Gasteiger charge is 2.25. The Morgan fingerprint density at radius 1 is 1.44 bits per heavy atom. The summed E-state index contributed by atoms with van der Waals surface area (Å²) >= 11 is 0. The number of amides is 1. The zero-order chi connectivity index (χ0) is 12.8. The van der Waals surface area contributed by atoms with Crippen LogP contribution < -0.4 is 0 Å². The average Bonchev–Trinajstić information content (AvgIpc) is 2.90. The van der Waals surface area contributed by atoms with E-state index in [2.05, 4.69) is 4.98 Å². The molecule has 4 nitrogen and oxygen atoms in total. The highest BCUT2D eigenvalue weighted by molar-refractivity contribution is 5.79. The van der Waals surface area contributed by atoms with Gasteiger partial charge in [0.2, 0.25) is 5.91 Å². The van der Waals surface area contributed by atoms with Crippen LogP contribution in [0.25, 0.3) is 0 Å². The standard InChI is InChI=1S/C14H20N2O2/c17-9-8-16(13-5-1-2-6-13)14(18)10-12-4-3-7-15-11-12/h3-4,7,11,13,17H,1-2,5-6,8-10H2. The average molecular weight is 248 g/mol. The lowest BCUT2D eigenvalue weighted by Crippen LogP contribution is -2.41. The van der Waals surface area contributed by atoms with Crippen molar-refractivity contribution in [1.29, 1.82) is 0 Å². The Morgan fingerprint density at radius 2 is 2.22 bits per heavy atom. The van der Waals surface area contributed by atoms with Crippen molar-refractivity contribution in [2.24, 2.45) is 0 Å². The fourth-order valence-electron chi connectivity index (χ4n) is 2.61. The van der Waals surface area contributed by atoms with Gasteiger partial charge in [0, 0.05) is 25.0 Å². The molecule has 0 atom stereocenters. The first-order valence-corrected chi connectivity index (χ1v) is 6.60. The third kappa shape index (κ3) is 3.29. The molecule has 0 aromatic carbocycles. The number of aromatic nitrogens is 1. The number of aliphatic hydroxyl groups is 1. The maximum Gasteiger partial charge on any atom is 0.227 e. The van der Waals surface area contributed by atoms with Crippen LogP contribution >= 0.6 is 0 Å². The van der Waals surface area contributed by atoms with Gasteiger partial charge in [0.25, 0.3) is 0 Å². The van der Waals surface area contributed by atoms with Gasteiger partial charge in [0.05, 0.1) is 13.0 Å². The first-order chi connectivity index (χ1) is 8.81. The monoisotopic (exact) mass is 248 g/mol. The van der Waals surface area contributed by atoms with Gasteiger partial charge in [-0.25, -0.2) is 0 Å². The number of nitrogens with zero attached hydrogens (tertiary/aromatic N) is 2. The molecule has 0 unspecified atom stereocenters. The van der Waals surface area contributed by atoms with Gasteiger partial charge in [-0.3, -0.25) is 9.78 Å². The molecule has 1 saturated carbocycles. The molecule has 1 aromatic rings. The minimum Gasteiger partial charge on any atom is -0.395 e. The molecule has 0 spiro atoms. The van der Waals surface area contributed by atoms with Crippen LogP contribution in [0.4, 0.5) is 0 Å². The second kappa shape index (κ2) is 6.50. The Morgan fingerprint density at radius 3 is 2.83 bits per heavy atom. The van der Waals surface area contributed by atoms with Crippen LogP contribution in [0.3, 0.4) is 0 Å². The molecule has 1 heterocycles. The number of rotatable bonds is 5. The fourth-order valence-corrected chi connectivity index (χ4v) is 2.61. The molecule has 0 aliphatic heterocycles. The van der Waals surface area contributed by atoms with Crippen molar-refractivity contribution in [2.45, 2.75) is 38.1 Å². The molecule has 98 valence electrons. The number of hydrogen-bond acceptors (Lipinski definition) is 3. The van der Waals surface area contributed by atoms with E-state index in [1.807, 2.05) is 17.0 Å². The number of carbonyl (C=O) groups is 1. The molecule has 18 heavy (non-hydrogen) atoms. The van der Waals surface area contributed by atoms with Crippen molar-refractivity contribution >= 4 is 5.91 Å². The van der Waals surface area contributed by atoms with Gasteiger partial charge in [0.1, 0.15) is 0 Å². The first-order valence-electron chi connectivity index (χ1n) is 6.60. The van der Waals surface area contributed by atoms with Gasteiger partial charge in [0.15, 0.2) is 0 Å². The van der Waals surface area contributed by atoms with Crippen molar-refractivity contribution in [3.8, 4) is 0 Å². The number of pyridine rings is 1. The van der Waals surface area contributed by atoms with Crippen LogP contribution in [-0.2, 0) is 11.2 Å². The van der Waals surface area contributed by atoms with Crippen LogP contribution in [0.5, 0.6) is 0 Å². The van der Waals surface area contributed by atoms with Crippen molar-refractivity contribution < 1.29 is 9.90 Å². The number of carbonyl (C=O) groups excluding carboxylic acids is 1. The predicted octanol–water partition coefficient (Wildman–Crippen LogP) is 1.39. The van der Waals surface area contributed by atoms with E-state index in [9.17, 15) is 4.79 Å². The van der Waals surface area contributed by atoms with Crippen LogP contribution in [-0.4, -0.2) is 40.1 Å². The lowest BCUT2D eigenvalue weighted by atomic mass is 10.1. The zero-order valence-corrected chi connectivity index (χ0v) is 10.6. The van der Waals surface area contributed by atoms with Gasteiger partial charge in [-0.1, -0.05) is 18.9 Å². The molecule has 0 saturated heterocycles. The molecule has 1 aromatic heterocycles. The van der Waals surface area contributed by atoms with Crippen LogP contribution in [0.1, 0.15) is 31.2 Å². The number of hydrogen-bond donors (Lipinski definition) is 1. The molecular formula is C14H20N2O2. The van der Waals surface area contributed by atoms with Gasteiger partial charge in [-0.15, -0.1) is 0 Å². The molecular weight excluding hydrogens is 228 g/mol. The van der Waals surface area contributed by atoms with Gasteiger partial charge in [-0.2, -0.15) is 0 Å². The summed E-state index contributed by atoms with van der Waals surface area (Å²) in [6.45, 7) is 0.485. The highest BCUT2D eigenvalue weighted by atomic mass is 16.3. The van der Waals surface area contributed by atoms with Crippen molar-refractivity contribution in [1.82, 2.24) is 9.88 Å². The largest absolute Gasteiger partial charge is 0.395 e. The van der Waals surface area contributed by atoms with E-state index in [0.717, 1.165) is 18.4 Å². The summed E-state index contributed by atoms with van der Waals surface area (Å²) in [6, 6.07) is 4.08. The molecule has 1 N–H and O–H groups in total. The molecule has 2 rings (SSSR count). The number of aliphatic hydroxyl groups excluding tert-OH is 1. The summed E-state index contributed by atoms with van der Waals surface area (Å²) in [5.74, 6) is 0.101. The summed E-state index contributed by atoms with van der Waals surface area (Å²) in [7, 11) is 0. The minimum absolute atomic E-state index is 0.0370. The molecule has 0 bridgehead atoms. The summed E-state index contributed by atoms with van der Waals surface area (Å²) in [5, 5.41) is 9.11. The molecule has 1 fully saturated rings. The van der Waals surface area contributed by atoms with Crippen molar-refractivity contribution in [3.05, 3.63) is 30.1 Å². The Bertz CT molecular complexity index is 375. The second-order valence-corrected chi connectivity index (χ2v) is 4.79. The minimum atomic E-state index is 0.0370. The summed E-state index contributed by atoms with van der Waals surface area (Å²) in [4.78, 5) is 18.1. The zero-order valence-electron chi connectivity index (χ0n) is 10.6. The maximum absolute atomic E-state index is 12.3. The van der Waals surface area contributed by atoms with Crippen LogP contribution in [0.15, 0.2) is 24.5 Å². The van der Waals surface area contributed by atoms with E-state index in [1.165, 1.54) is 12.8 Å². The summed E-state index contributed by atoms with van der Waals surface area (Å²) in [6.07, 6.45) is 8.32. The quantitative estimate of drug-likeness (QED) is 0.856. The Balaban J connectivity index is 1.99. The van der Waals surface area contributed by atoms with Gasteiger partial charge < -0.3 is 10.0 Å². The van der Waals surface area contributed by atoms with E-state index >= 15 is 0 Å². The van der Waals surface area contributed by atoms with E-state index < -0.39 is 0 Å². The highest BCUT2D eigenvalue weighted by Crippen LogP contribution is 2.23. The van der Waals surface area contributed by atoms with E-state index in [1.54, 1.807) is 12.4 Å². The fraction of sp³-hybridized carbons (Fsp3) is 0.571. The molecule has 1 aliphatic rings. The summed E-state index contributed by atoms with van der Waals surface area (Å²) in [5.41, 5.74) is 0.934. The van der Waals surface area contributed by atoms with Gasteiger partial charge in [-0.05, 0) is 24.5 Å². The second-order valence-electron chi connectivity index (χ2n) is 4.79. The van der Waals surface area contributed by atoms with Crippen LogP contribution in [0.2, 0.25) is 0 Å². The third-order valence-corrected chi connectivity index (χ3v) is 3.50. The topological polar surface area (TPSA) is 53.4 Å². The van der Waals surface area contributed by atoms with Crippen LogP contribution in [0, 0.1) is 0 Å². The smallest absolute Gasteiger partial charge is 0.227 e. The Kier molecular flexibility index (Phi) is 4.70. The normalized spacial score (nSPS) is 15.8. The lowest BCUT2D eigenvalue weighted by molar-refractivity contribution is -0.133. The SMILES string of the molecule is O=C(Cc1cccnc1)N(CCO)C1CCCC1. The van der Waals surface area contributed by atoms with Gasteiger partial charge >= 0.3 is 0 Å². The van der Waals surface area contributed by atoms with Crippen molar-refractivity contribution in [3.63, 3.8) is 0 Å². The van der Waals surface area contributed by atoms with E-state index in [0.29, 0.717) is 19.0 Å². The van der Waals surface area contributed by atoms with E-state index in [4.69, 9.17) is 5.11 Å². The Labute approximate surface area is 108 Å². The molecule has 1 amide bonds.